The number of benzene rings is 3. The molecule has 0 aliphatic carbocycles. The Morgan fingerprint density at radius 3 is 1.91 bits per heavy atom. The van der Waals surface area contributed by atoms with Crippen molar-refractivity contribution in [3.05, 3.63) is 89.0 Å². The van der Waals surface area contributed by atoms with Gasteiger partial charge in [-0.2, -0.15) is 0 Å². The summed E-state index contributed by atoms with van der Waals surface area (Å²) in [6, 6.07) is 23.6. The molecule has 172 valence electrons. The third-order valence-electron chi connectivity index (χ3n) is 6.89. The summed E-state index contributed by atoms with van der Waals surface area (Å²) in [7, 11) is 0. The van der Waals surface area contributed by atoms with E-state index in [2.05, 4.69) is 64.4 Å². The highest BCUT2D eigenvalue weighted by Crippen LogP contribution is 2.30. The van der Waals surface area contributed by atoms with Crippen molar-refractivity contribution in [3.63, 3.8) is 0 Å². The Kier molecular flexibility index (Phi) is 7.06. The van der Waals surface area contributed by atoms with Crippen molar-refractivity contribution < 1.29 is 9.84 Å². The van der Waals surface area contributed by atoms with Crippen LogP contribution in [-0.4, -0.2) is 54.3 Å². The summed E-state index contributed by atoms with van der Waals surface area (Å²) in [4.78, 5) is 4.97. The van der Waals surface area contributed by atoms with E-state index in [-0.39, 0.29) is 0 Å². The average Bonchev–Trinajstić information content (AvgIpc) is 3.36. The summed E-state index contributed by atoms with van der Waals surface area (Å²) in [5.41, 5.74) is 7.50. The molecule has 0 saturated carbocycles. The van der Waals surface area contributed by atoms with Crippen LogP contribution in [0.2, 0.25) is 0 Å². The Bertz CT molecular complexity index is 1030. The summed E-state index contributed by atoms with van der Waals surface area (Å²) in [5.74, 6) is 0.312. The molecule has 0 spiro atoms. The normalized spacial score (nSPS) is 17.5. The zero-order chi connectivity index (χ0) is 22.5. The molecule has 0 unspecified atom stereocenters. The van der Waals surface area contributed by atoms with E-state index >= 15 is 0 Å². The summed E-state index contributed by atoms with van der Waals surface area (Å²) in [6.45, 7) is 8.11. The van der Waals surface area contributed by atoms with Crippen molar-refractivity contribution >= 4 is 0 Å². The molecule has 1 N–H and O–H groups in total. The number of phenolic OH excluding ortho intramolecular Hbond substituents is 1. The number of likely N-dealkylation sites (tertiary alicyclic amines) is 1. The van der Waals surface area contributed by atoms with Gasteiger partial charge in [0.2, 0.25) is 0 Å². The fourth-order valence-corrected chi connectivity index (χ4v) is 4.98. The molecule has 5 rings (SSSR count). The number of rotatable bonds is 7. The molecule has 2 fully saturated rings. The lowest BCUT2D eigenvalue weighted by Gasteiger charge is -2.26. The molecular weight excluding hydrogens is 408 g/mol. The number of hydrogen-bond acceptors (Lipinski definition) is 4. The zero-order valence-corrected chi connectivity index (χ0v) is 19.4. The first kappa shape index (κ1) is 22.1. The first-order valence-corrected chi connectivity index (χ1v) is 12.2. The second-order valence-corrected chi connectivity index (χ2v) is 9.40. The van der Waals surface area contributed by atoms with Gasteiger partial charge in [0.05, 0.1) is 13.2 Å². The van der Waals surface area contributed by atoms with E-state index in [1.165, 1.54) is 48.2 Å². The van der Waals surface area contributed by atoms with E-state index in [1.807, 2.05) is 6.07 Å². The molecule has 3 aromatic rings. The molecule has 0 aromatic heterocycles. The van der Waals surface area contributed by atoms with Crippen LogP contribution >= 0.6 is 0 Å². The lowest BCUT2D eigenvalue weighted by molar-refractivity contribution is 0.0342. The van der Waals surface area contributed by atoms with E-state index in [0.717, 1.165) is 56.9 Å². The minimum atomic E-state index is 0.312. The third-order valence-corrected chi connectivity index (χ3v) is 6.89. The number of phenols is 1. The van der Waals surface area contributed by atoms with E-state index in [4.69, 9.17) is 4.74 Å². The van der Waals surface area contributed by atoms with Crippen LogP contribution in [0, 0.1) is 0 Å². The van der Waals surface area contributed by atoms with Crippen LogP contribution in [0.15, 0.2) is 66.7 Å². The average molecular weight is 443 g/mol. The Morgan fingerprint density at radius 1 is 0.667 bits per heavy atom. The molecule has 0 radical (unpaired) electrons. The van der Waals surface area contributed by atoms with Gasteiger partial charge in [-0.05, 0) is 77.9 Å². The fourth-order valence-electron chi connectivity index (χ4n) is 4.98. The maximum Gasteiger partial charge on any atom is 0.116 e. The Balaban J connectivity index is 1.29. The van der Waals surface area contributed by atoms with Gasteiger partial charge in [-0.15, -0.1) is 0 Å². The van der Waals surface area contributed by atoms with E-state index < -0.39 is 0 Å². The quantitative estimate of drug-likeness (QED) is 0.554. The van der Waals surface area contributed by atoms with Gasteiger partial charge >= 0.3 is 0 Å². The third kappa shape index (κ3) is 5.83. The van der Waals surface area contributed by atoms with Crippen molar-refractivity contribution in [2.45, 2.75) is 32.4 Å². The molecule has 2 saturated heterocycles. The SMILES string of the molecule is Oc1ccc(Cc2ccc(CN3CCCC3)cc2)c(-c2ccc(CN3CCOCC3)cc2)c1. The van der Waals surface area contributed by atoms with Gasteiger partial charge in [-0.25, -0.2) is 0 Å². The van der Waals surface area contributed by atoms with Crippen molar-refractivity contribution in [2.75, 3.05) is 39.4 Å². The molecule has 4 nitrogen and oxygen atoms in total. The predicted octanol–water partition coefficient (Wildman–Crippen LogP) is 5.08. The number of nitrogens with zero attached hydrogens (tertiary/aromatic N) is 2. The van der Waals surface area contributed by atoms with Crippen LogP contribution in [0.3, 0.4) is 0 Å². The molecule has 0 amide bonds. The first-order chi connectivity index (χ1) is 16.2. The van der Waals surface area contributed by atoms with Crippen molar-refractivity contribution in [2.24, 2.45) is 0 Å². The molecule has 4 heteroatoms. The van der Waals surface area contributed by atoms with Gasteiger partial charge in [-0.3, -0.25) is 9.80 Å². The zero-order valence-electron chi connectivity index (χ0n) is 19.4. The minimum absolute atomic E-state index is 0.312. The minimum Gasteiger partial charge on any atom is -0.508 e. The van der Waals surface area contributed by atoms with E-state index in [1.54, 1.807) is 6.07 Å². The molecule has 2 aliphatic heterocycles. The summed E-state index contributed by atoms with van der Waals surface area (Å²) in [5, 5.41) is 10.2. The maximum atomic E-state index is 10.2. The van der Waals surface area contributed by atoms with Crippen LogP contribution in [0.5, 0.6) is 5.75 Å². The molecular formula is C29H34N2O2. The lowest BCUT2D eigenvalue weighted by atomic mass is 9.93. The van der Waals surface area contributed by atoms with Crippen LogP contribution < -0.4 is 0 Å². The number of ether oxygens (including phenoxy) is 1. The second-order valence-electron chi connectivity index (χ2n) is 9.40. The summed E-state index contributed by atoms with van der Waals surface area (Å²) >= 11 is 0. The van der Waals surface area contributed by atoms with Gasteiger partial charge in [-0.1, -0.05) is 54.6 Å². The van der Waals surface area contributed by atoms with Gasteiger partial charge in [0, 0.05) is 26.2 Å². The Hall–Kier alpha value is -2.66. The number of hydrogen-bond donors (Lipinski definition) is 1. The lowest BCUT2D eigenvalue weighted by Crippen LogP contribution is -2.35. The monoisotopic (exact) mass is 442 g/mol. The highest BCUT2D eigenvalue weighted by atomic mass is 16.5. The molecule has 33 heavy (non-hydrogen) atoms. The fraction of sp³-hybridized carbons (Fsp3) is 0.379. The van der Waals surface area contributed by atoms with Crippen LogP contribution in [0.25, 0.3) is 11.1 Å². The molecule has 0 atom stereocenters. The molecule has 3 aromatic carbocycles. The number of morpholine rings is 1. The summed E-state index contributed by atoms with van der Waals surface area (Å²) in [6.07, 6.45) is 3.51. The smallest absolute Gasteiger partial charge is 0.116 e. The van der Waals surface area contributed by atoms with Crippen LogP contribution in [-0.2, 0) is 24.2 Å². The second kappa shape index (κ2) is 10.5. The van der Waals surface area contributed by atoms with Crippen LogP contribution in [0.4, 0.5) is 0 Å². The maximum absolute atomic E-state index is 10.2. The largest absolute Gasteiger partial charge is 0.508 e. The predicted molar refractivity (Wildman–Crippen MR) is 133 cm³/mol. The van der Waals surface area contributed by atoms with Gasteiger partial charge < -0.3 is 9.84 Å². The van der Waals surface area contributed by atoms with Crippen molar-refractivity contribution in [1.82, 2.24) is 9.80 Å². The highest BCUT2D eigenvalue weighted by Gasteiger charge is 2.13. The Labute approximate surface area is 197 Å². The number of aromatic hydroxyl groups is 1. The van der Waals surface area contributed by atoms with Crippen molar-refractivity contribution in [1.29, 1.82) is 0 Å². The molecule has 2 aliphatic rings. The molecule has 2 heterocycles. The first-order valence-electron chi connectivity index (χ1n) is 12.2. The van der Waals surface area contributed by atoms with Gasteiger partial charge in [0.15, 0.2) is 0 Å². The highest BCUT2D eigenvalue weighted by molar-refractivity contribution is 5.69. The van der Waals surface area contributed by atoms with Crippen LogP contribution in [0.1, 0.15) is 35.1 Å². The standard InChI is InChI=1S/C29H34N2O2/c32-28-12-11-27(19-23-3-5-24(6-4-23)21-30-13-1-2-14-30)29(20-28)26-9-7-25(8-10-26)22-31-15-17-33-18-16-31/h3-12,20,32H,1-2,13-19,21-22H2. The summed E-state index contributed by atoms with van der Waals surface area (Å²) < 4.78 is 5.46. The Morgan fingerprint density at radius 2 is 1.24 bits per heavy atom. The van der Waals surface area contributed by atoms with Crippen molar-refractivity contribution in [3.8, 4) is 16.9 Å². The van der Waals surface area contributed by atoms with E-state index in [9.17, 15) is 5.11 Å². The van der Waals surface area contributed by atoms with Gasteiger partial charge in [0.1, 0.15) is 5.75 Å². The van der Waals surface area contributed by atoms with E-state index in [0.29, 0.717) is 5.75 Å². The van der Waals surface area contributed by atoms with Gasteiger partial charge in [0.25, 0.3) is 0 Å². The molecule has 0 bridgehead atoms. The topological polar surface area (TPSA) is 35.9 Å².